The van der Waals surface area contributed by atoms with Crippen LogP contribution in [0.5, 0.6) is 5.75 Å². The molecule has 1 atom stereocenters. The molecule has 3 rings (SSSR count). The van der Waals surface area contributed by atoms with Gasteiger partial charge in [0, 0.05) is 11.9 Å². The summed E-state index contributed by atoms with van der Waals surface area (Å²) >= 11 is 6.00. The molecule has 25 heavy (non-hydrogen) atoms. The Morgan fingerprint density at radius 3 is 2.60 bits per heavy atom. The number of phenols is 1. The summed E-state index contributed by atoms with van der Waals surface area (Å²) in [5.41, 5.74) is 1.64. The third kappa shape index (κ3) is 4.21. The van der Waals surface area contributed by atoms with Gasteiger partial charge < -0.3 is 20.2 Å². The Kier molecular flexibility index (Phi) is 5.40. The van der Waals surface area contributed by atoms with Crippen LogP contribution in [0.15, 0.2) is 42.6 Å². The van der Waals surface area contributed by atoms with Gasteiger partial charge in [0.1, 0.15) is 5.75 Å². The van der Waals surface area contributed by atoms with Crippen molar-refractivity contribution in [1.82, 2.24) is 4.98 Å². The number of rotatable bonds is 4. The summed E-state index contributed by atoms with van der Waals surface area (Å²) < 4.78 is 0. The topological polar surface area (TPSA) is 69.9 Å². The fraction of sp³-hybridized carbons (Fsp3) is 0.333. The predicted octanol–water partition coefficient (Wildman–Crippen LogP) is 1.17. The first-order valence-electron chi connectivity index (χ1n) is 8.34. The van der Waals surface area contributed by atoms with Gasteiger partial charge >= 0.3 is 0 Å². The van der Waals surface area contributed by atoms with Crippen molar-refractivity contribution in [2.24, 2.45) is 0 Å². The van der Waals surface area contributed by atoms with Crippen molar-refractivity contribution < 1.29 is 14.8 Å². The molecule has 2 aromatic rings. The van der Waals surface area contributed by atoms with E-state index >= 15 is 0 Å². The number of piperazine rings is 1. The second-order valence-corrected chi connectivity index (χ2v) is 6.57. The standard InChI is InChI=1S/C18H21ClN4O2/c1-13(18(25)21-16-3-2-8-20-17(16)19)22-9-11-23(12-10-22)14-4-6-15(24)7-5-14/h2-8,13,24H,9-12H2,1H3,(H,21,25)/p+1/t13-/m0/s1. The third-order valence-electron chi connectivity index (χ3n) is 4.64. The number of aromatic nitrogens is 1. The molecule has 6 nitrogen and oxygen atoms in total. The van der Waals surface area contributed by atoms with Crippen molar-refractivity contribution in [2.45, 2.75) is 13.0 Å². The highest BCUT2D eigenvalue weighted by atomic mass is 35.5. The van der Waals surface area contributed by atoms with E-state index < -0.39 is 0 Å². The highest BCUT2D eigenvalue weighted by Gasteiger charge is 2.29. The Balaban J connectivity index is 1.56. The molecule has 1 aromatic heterocycles. The summed E-state index contributed by atoms with van der Waals surface area (Å²) in [6.45, 7) is 5.41. The van der Waals surface area contributed by atoms with Crippen LogP contribution in [0.3, 0.4) is 0 Å². The molecule has 1 aliphatic rings. The van der Waals surface area contributed by atoms with Crippen LogP contribution in [0, 0.1) is 0 Å². The van der Waals surface area contributed by atoms with E-state index in [0.29, 0.717) is 10.8 Å². The molecule has 0 aliphatic carbocycles. The van der Waals surface area contributed by atoms with Crippen LogP contribution < -0.4 is 15.1 Å². The van der Waals surface area contributed by atoms with Crippen LogP contribution in [0.4, 0.5) is 11.4 Å². The van der Waals surface area contributed by atoms with E-state index in [-0.39, 0.29) is 17.7 Å². The van der Waals surface area contributed by atoms with Crippen LogP contribution in [0.2, 0.25) is 5.15 Å². The second-order valence-electron chi connectivity index (χ2n) is 6.21. The molecule has 1 aromatic carbocycles. The molecule has 0 bridgehead atoms. The molecule has 1 saturated heterocycles. The summed E-state index contributed by atoms with van der Waals surface area (Å²) in [6.07, 6.45) is 1.59. The average molecular weight is 362 g/mol. The van der Waals surface area contributed by atoms with Gasteiger partial charge in [0.15, 0.2) is 11.2 Å². The summed E-state index contributed by atoms with van der Waals surface area (Å²) in [5.74, 6) is 0.218. The quantitative estimate of drug-likeness (QED) is 0.715. The van der Waals surface area contributed by atoms with Crippen molar-refractivity contribution in [3.05, 3.63) is 47.7 Å². The number of hydrogen-bond donors (Lipinski definition) is 3. The minimum atomic E-state index is -0.168. The van der Waals surface area contributed by atoms with Crippen molar-refractivity contribution in [1.29, 1.82) is 0 Å². The predicted molar refractivity (Wildman–Crippen MR) is 98.4 cm³/mol. The number of carbonyl (C=O) groups excluding carboxylic acids is 1. The zero-order chi connectivity index (χ0) is 17.8. The Morgan fingerprint density at radius 2 is 1.96 bits per heavy atom. The highest BCUT2D eigenvalue weighted by molar-refractivity contribution is 6.32. The molecule has 132 valence electrons. The molecule has 0 unspecified atom stereocenters. The smallest absolute Gasteiger partial charge is 0.282 e. The molecular weight excluding hydrogens is 340 g/mol. The number of hydrogen-bond acceptors (Lipinski definition) is 4. The van der Waals surface area contributed by atoms with Gasteiger partial charge in [-0.3, -0.25) is 4.79 Å². The number of benzene rings is 1. The number of halogens is 1. The van der Waals surface area contributed by atoms with E-state index in [0.717, 1.165) is 31.9 Å². The maximum atomic E-state index is 12.5. The van der Waals surface area contributed by atoms with Gasteiger partial charge in [-0.1, -0.05) is 11.6 Å². The molecule has 1 amide bonds. The lowest BCUT2D eigenvalue weighted by molar-refractivity contribution is -0.914. The van der Waals surface area contributed by atoms with Gasteiger partial charge in [0.25, 0.3) is 5.91 Å². The van der Waals surface area contributed by atoms with Crippen molar-refractivity contribution in [3.8, 4) is 5.75 Å². The lowest BCUT2D eigenvalue weighted by Crippen LogP contribution is -3.19. The van der Waals surface area contributed by atoms with Crippen molar-refractivity contribution in [3.63, 3.8) is 0 Å². The molecule has 0 spiro atoms. The normalized spacial score (nSPS) is 16.5. The van der Waals surface area contributed by atoms with Crippen LogP contribution >= 0.6 is 11.6 Å². The summed E-state index contributed by atoms with van der Waals surface area (Å²) in [7, 11) is 0. The minimum absolute atomic E-state index is 0.0528. The Morgan fingerprint density at radius 1 is 1.28 bits per heavy atom. The van der Waals surface area contributed by atoms with Crippen molar-refractivity contribution in [2.75, 3.05) is 36.4 Å². The average Bonchev–Trinajstić information content (AvgIpc) is 2.64. The number of amides is 1. The molecule has 1 aliphatic heterocycles. The number of anilines is 2. The van der Waals surface area contributed by atoms with Gasteiger partial charge in [0.05, 0.1) is 31.9 Å². The maximum absolute atomic E-state index is 12.5. The van der Waals surface area contributed by atoms with E-state index in [4.69, 9.17) is 11.6 Å². The fourth-order valence-corrected chi connectivity index (χ4v) is 3.22. The number of nitrogens with one attached hydrogen (secondary N) is 2. The van der Waals surface area contributed by atoms with Crippen LogP contribution in [0.25, 0.3) is 0 Å². The number of nitrogens with zero attached hydrogens (tertiary/aromatic N) is 2. The Bertz CT molecular complexity index is 730. The Labute approximate surface area is 152 Å². The van der Waals surface area contributed by atoms with Crippen LogP contribution in [-0.2, 0) is 4.79 Å². The van der Waals surface area contributed by atoms with E-state index in [1.807, 2.05) is 19.1 Å². The molecule has 0 radical (unpaired) electrons. The van der Waals surface area contributed by atoms with Crippen LogP contribution in [0.1, 0.15) is 6.92 Å². The molecule has 0 saturated carbocycles. The summed E-state index contributed by atoms with van der Waals surface area (Å²) in [6, 6.07) is 10.6. The monoisotopic (exact) mass is 361 g/mol. The SMILES string of the molecule is C[C@@H](C(=O)Nc1cccnc1Cl)[NH+]1CCN(c2ccc(O)cc2)CC1. The van der Waals surface area contributed by atoms with Gasteiger partial charge in [-0.2, -0.15) is 0 Å². The highest BCUT2D eigenvalue weighted by Crippen LogP contribution is 2.19. The molecular formula is C18H22ClN4O2+. The van der Waals surface area contributed by atoms with Gasteiger partial charge in [-0.15, -0.1) is 0 Å². The number of phenolic OH excluding ortho intramolecular Hbond substituents is 1. The van der Waals surface area contributed by atoms with Gasteiger partial charge in [0.2, 0.25) is 0 Å². The lowest BCUT2D eigenvalue weighted by atomic mass is 10.2. The van der Waals surface area contributed by atoms with E-state index in [2.05, 4.69) is 15.2 Å². The first kappa shape index (κ1) is 17.5. The lowest BCUT2D eigenvalue weighted by Gasteiger charge is -2.36. The third-order valence-corrected chi connectivity index (χ3v) is 4.94. The summed E-state index contributed by atoms with van der Waals surface area (Å²) in [5, 5.41) is 12.6. The first-order chi connectivity index (χ1) is 12.0. The molecule has 2 heterocycles. The van der Waals surface area contributed by atoms with Gasteiger partial charge in [-0.25, -0.2) is 4.98 Å². The van der Waals surface area contributed by atoms with Gasteiger partial charge in [-0.05, 0) is 43.3 Å². The van der Waals surface area contributed by atoms with E-state index in [1.54, 1.807) is 30.5 Å². The number of aromatic hydroxyl groups is 1. The number of quaternary nitrogens is 1. The zero-order valence-corrected chi connectivity index (χ0v) is 14.8. The summed E-state index contributed by atoms with van der Waals surface area (Å²) in [4.78, 5) is 20.0. The van der Waals surface area contributed by atoms with E-state index in [1.165, 1.54) is 4.90 Å². The number of carbonyl (C=O) groups is 1. The maximum Gasteiger partial charge on any atom is 0.282 e. The Hall–Kier alpha value is -2.31. The number of pyridine rings is 1. The van der Waals surface area contributed by atoms with E-state index in [9.17, 15) is 9.90 Å². The molecule has 7 heteroatoms. The first-order valence-corrected chi connectivity index (χ1v) is 8.72. The van der Waals surface area contributed by atoms with Crippen molar-refractivity contribution >= 4 is 28.9 Å². The minimum Gasteiger partial charge on any atom is -0.508 e. The van der Waals surface area contributed by atoms with Crippen LogP contribution in [-0.4, -0.2) is 48.2 Å². The molecule has 3 N–H and O–H groups in total. The zero-order valence-electron chi connectivity index (χ0n) is 14.1. The molecule has 1 fully saturated rings. The fourth-order valence-electron chi connectivity index (χ4n) is 3.05. The largest absolute Gasteiger partial charge is 0.508 e. The second kappa shape index (κ2) is 7.72.